The first-order chi connectivity index (χ1) is 14.0. The van der Waals surface area contributed by atoms with E-state index in [1.165, 1.54) is 11.1 Å². The highest BCUT2D eigenvalue weighted by Crippen LogP contribution is 2.22. The summed E-state index contributed by atoms with van der Waals surface area (Å²) >= 11 is 0. The van der Waals surface area contributed by atoms with Crippen molar-refractivity contribution in [2.24, 2.45) is 5.92 Å². The number of urea groups is 1. The van der Waals surface area contributed by atoms with Crippen LogP contribution in [0.5, 0.6) is 0 Å². The van der Waals surface area contributed by atoms with E-state index in [9.17, 15) is 9.59 Å². The maximum Gasteiger partial charge on any atom is 0.324 e. The van der Waals surface area contributed by atoms with Crippen LogP contribution in [0.1, 0.15) is 48.2 Å². The van der Waals surface area contributed by atoms with Crippen LogP contribution in [0, 0.1) is 12.8 Å². The van der Waals surface area contributed by atoms with Crippen LogP contribution < -0.4 is 10.2 Å². The summed E-state index contributed by atoms with van der Waals surface area (Å²) in [6.07, 6.45) is 1.89. The fraction of sp³-hybridized carbons (Fsp3) is 0.417. The summed E-state index contributed by atoms with van der Waals surface area (Å²) < 4.78 is 0. The Bertz CT molecular complexity index is 845. The molecule has 1 heterocycles. The van der Waals surface area contributed by atoms with Gasteiger partial charge in [0.25, 0.3) is 5.91 Å². The second-order valence-electron chi connectivity index (χ2n) is 8.12. The number of carbonyl (C=O) groups excluding carboxylic acids is 2. The van der Waals surface area contributed by atoms with Crippen molar-refractivity contribution in [2.75, 3.05) is 24.5 Å². The SMILES string of the molecule is Cc1ccccc1CN1CCCN(c2ccc(C(=O)NCCC(C)C)cc2)C1=O. The Morgan fingerprint density at radius 2 is 1.79 bits per heavy atom. The van der Waals surface area contributed by atoms with Crippen molar-refractivity contribution in [3.63, 3.8) is 0 Å². The third-order valence-electron chi connectivity index (χ3n) is 5.38. The number of amides is 3. The van der Waals surface area contributed by atoms with Gasteiger partial charge in [-0.15, -0.1) is 0 Å². The number of hydrogen-bond acceptors (Lipinski definition) is 2. The molecular weight excluding hydrogens is 362 g/mol. The summed E-state index contributed by atoms with van der Waals surface area (Å²) in [6, 6.07) is 15.5. The van der Waals surface area contributed by atoms with E-state index >= 15 is 0 Å². The molecule has 29 heavy (non-hydrogen) atoms. The van der Waals surface area contributed by atoms with Gasteiger partial charge in [-0.05, 0) is 61.1 Å². The van der Waals surface area contributed by atoms with Crippen LogP contribution in [0.15, 0.2) is 48.5 Å². The summed E-state index contributed by atoms with van der Waals surface area (Å²) in [6.45, 7) is 9.11. The minimum atomic E-state index is -0.0663. The molecule has 0 spiro atoms. The number of anilines is 1. The zero-order chi connectivity index (χ0) is 20.8. The molecule has 5 nitrogen and oxygen atoms in total. The summed E-state index contributed by atoms with van der Waals surface area (Å²) in [5.74, 6) is 0.494. The first kappa shape index (κ1) is 20.9. The van der Waals surface area contributed by atoms with Crippen LogP contribution >= 0.6 is 0 Å². The quantitative estimate of drug-likeness (QED) is 0.747. The molecular formula is C24H31N3O2. The average molecular weight is 394 g/mol. The smallest absolute Gasteiger partial charge is 0.324 e. The van der Waals surface area contributed by atoms with Crippen LogP contribution in [0.4, 0.5) is 10.5 Å². The van der Waals surface area contributed by atoms with Gasteiger partial charge in [0.05, 0.1) is 0 Å². The number of carbonyl (C=O) groups is 2. The van der Waals surface area contributed by atoms with Gasteiger partial charge in [-0.25, -0.2) is 4.79 Å². The molecule has 0 unspecified atom stereocenters. The summed E-state index contributed by atoms with van der Waals surface area (Å²) in [5, 5.41) is 2.95. The third-order valence-corrected chi connectivity index (χ3v) is 5.38. The van der Waals surface area contributed by atoms with Crippen LogP contribution in [-0.4, -0.2) is 36.5 Å². The van der Waals surface area contributed by atoms with Crippen molar-refractivity contribution in [3.8, 4) is 0 Å². The lowest BCUT2D eigenvalue weighted by Gasteiger charge is -2.36. The predicted octanol–water partition coefficient (Wildman–Crippen LogP) is 4.60. The van der Waals surface area contributed by atoms with Gasteiger partial charge < -0.3 is 10.2 Å². The molecule has 3 amide bonds. The van der Waals surface area contributed by atoms with Crippen molar-refractivity contribution in [1.82, 2.24) is 10.2 Å². The van der Waals surface area contributed by atoms with Gasteiger partial charge in [-0.1, -0.05) is 38.1 Å². The minimum absolute atomic E-state index is 0.0219. The van der Waals surface area contributed by atoms with Gasteiger partial charge >= 0.3 is 6.03 Å². The van der Waals surface area contributed by atoms with Gasteiger partial charge in [0.15, 0.2) is 0 Å². The molecule has 0 aliphatic carbocycles. The van der Waals surface area contributed by atoms with Crippen LogP contribution in [0.3, 0.4) is 0 Å². The van der Waals surface area contributed by atoms with E-state index in [0.29, 0.717) is 31.1 Å². The first-order valence-corrected chi connectivity index (χ1v) is 10.4. The number of aryl methyl sites for hydroxylation is 1. The average Bonchev–Trinajstić information content (AvgIpc) is 2.71. The van der Waals surface area contributed by atoms with Crippen LogP contribution in [-0.2, 0) is 6.54 Å². The van der Waals surface area contributed by atoms with Gasteiger partial charge in [0.2, 0.25) is 0 Å². The molecule has 0 atom stereocenters. The Balaban J connectivity index is 1.64. The molecule has 0 radical (unpaired) electrons. The van der Waals surface area contributed by atoms with Gasteiger partial charge in [-0.2, -0.15) is 0 Å². The molecule has 1 aliphatic rings. The van der Waals surface area contributed by atoms with E-state index in [2.05, 4.69) is 38.2 Å². The molecule has 0 bridgehead atoms. The van der Waals surface area contributed by atoms with Crippen LogP contribution in [0.2, 0.25) is 0 Å². The Hall–Kier alpha value is -2.82. The fourth-order valence-corrected chi connectivity index (χ4v) is 3.53. The zero-order valence-electron chi connectivity index (χ0n) is 17.6. The Kier molecular flexibility index (Phi) is 6.91. The minimum Gasteiger partial charge on any atom is -0.352 e. The molecule has 154 valence electrons. The van der Waals surface area contributed by atoms with E-state index in [4.69, 9.17) is 0 Å². The van der Waals surface area contributed by atoms with Gasteiger partial charge in [0, 0.05) is 37.4 Å². The van der Waals surface area contributed by atoms with Gasteiger partial charge in [-0.3, -0.25) is 9.69 Å². The molecule has 1 N–H and O–H groups in total. The van der Waals surface area contributed by atoms with Crippen molar-refractivity contribution < 1.29 is 9.59 Å². The number of benzene rings is 2. The molecule has 5 heteroatoms. The summed E-state index contributed by atoms with van der Waals surface area (Å²) in [5.41, 5.74) is 3.84. The number of nitrogens with one attached hydrogen (secondary N) is 1. The molecule has 0 saturated carbocycles. The number of nitrogens with zero attached hydrogens (tertiary/aromatic N) is 2. The van der Waals surface area contributed by atoms with E-state index in [-0.39, 0.29) is 11.9 Å². The Morgan fingerprint density at radius 3 is 2.48 bits per heavy atom. The molecule has 0 aromatic heterocycles. The lowest BCUT2D eigenvalue weighted by molar-refractivity contribution is 0.0952. The van der Waals surface area contributed by atoms with Crippen molar-refractivity contribution in [1.29, 1.82) is 0 Å². The lowest BCUT2D eigenvalue weighted by atomic mass is 10.1. The third kappa shape index (κ3) is 5.37. The maximum absolute atomic E-state index is 13.0. The molecule has 1 aliphatic heterocycles. The maximum atomic E-state index is 13.0. The second-order valence-corrected chi connectivity index (χ2v) is 8.12. The highest BCUT2D eigenvalue weighted by atomic mass is 16.2. The topological polar surface area (TPSA) is 52.6 Å². The summed E-state index contributed by atoms with van der Waals surface area (Å²) in [7, 11) is 0. The highest BCUT2D eigenvalue weighted by Gasteiger charge is 2.27. The van der Waals surface area contributed by atoms with Crippen LogP contribution in [0.25, 0.3) is 0 Å². The Morgan fingerprint density at radius 1 is 1.07 bits per heavy atom. The molecule has 2 aromatic carbocycles. The Labute approximate surface area is 173 Å². The van der Waals surface area contributed by atoms with E-state index < -0.39 is 0 Å². The van der Waals surface area contributed by atoms with Crippen molar-refractivity contribution in [3.05, 3.63) is 65.2 Å². The predicted molar refractivity (Wildman–Crippen MR) is 117 cm³/mol. The fourth-order valence-electron chi connectivity index (χ4n) is 3.53. The number of hydrogen-bond donors (Lipinski definition) is 1. The zero-order valence-corrected chi connectivity index (χ0v) is 17.6. The second kappa shape index (κ2) is 9.59. The largest absolute Gasteiger partial charge is 0.352 e. The normalized spacial score (nSPS) is 14.4. The molecule has 1 fully saturated rings. The van der Waals surface area contributed by atoms with Gasteiger partial charge in [0.1, 0.15) is 0 Å². The van der Waals surface area contributed by atoms with Crippen molar-refractivity contribution in [2.45, 2.75) is 40.2 Å². The summed E-state index contributed by atoms with van der Waals surface area (Å²) in [4.78, 5) is 29.0. The van der Waals surface area contributed by atoms with E-state index in [1.807, 2.05) is 34.1 Å². The highest BCUT2D eigenvalue weighted by molar-refractivity contribution is 5.96. The molecule has 2 aromatic rings. The number of rotatable bonds is 7. The lowest BCUT2D eigenvalue weighted by Crippen LogP contribution is -2.49. The van der Waals surface area contributed by atoms with Crippen molar-refractivity contribution >= 4 is 17.6 Å². The molecule has 3 rings (SSSR count). The standard InChI is InChI=1S/C24H31N3O2/c1-18(2)13-14-25-23(28)20-9-11-22(12-10-20)27-16-6-15-26(24(27)29)17-21-8-5-4-7-19(21)3/h4-5,7-12,18H,6,13-17H2,1-3H3,(H,25,28). The van der Waals surface area contributed by atoms with E-state index in [1.54, 1.807) is 12.1 Å². The van der Waals surface area contributed by atoms with E-state index in [0.717, 1.165) is 25.1 Å². The molecule has 1 saturated heterocycles. The first-order valence-electron chi connectivity index (χ1n) is 10.4. The monoisotopic (exact) mass is 393 g/mol.